The number of nitrogens with one attached hydrogen (secondary N) is 2. The molecule has 44 heavy (non-hydrogen) atoms. The van der Waals surface area contributed by atoms with Crippen molar-refractivity contribution in [3.05, 3.63) is 63.8 Å². The van der Waals surface area contributed by atoms with Crippen LogP contribution in [0.1, 0.15) is 121 Å². The summed E-state index contributed by atoms with van der Waals surface area (Å²) < 4.78 is 7.56. The Balaban J connectivity index is 1.24. The summed E-state index contributed by atoms with van der Waals surface area (Å²) in [6.45, 7) is 9.07. The van der Waals surface area contributed by atoms with Crippen LogP contribution in [0.5, 0.6) is 5.75 Å². The minimum absolute atomic E-state index is 0.164. The van der Waals surface area contributed by atoms with Crippen molar-refractivity contribution < 1.29 is 9.53 Å². The van der Waals surface area contributed by atoms with Crippen LogP contribution in [0.3, 0.4) is 0 Å². The minimum Gasteiger partial charge on any atom is -0.492 e. The van der Waals surface area contributed by atoms with Gasteiger partial charge in [0.25, 0.3) is 5.91 Å². The van der Waals surface area contributed by atoms with Crippen molar-refractivity contribution in [1.82, 2.24) is 19.8 Å². The molecule has 0 aliphatic carbocycles. The number of hydrogen-bond acceptors (Lipinski definition) is 4. The van der Waals surface area contributed by atoms with E-state index in [1.54, 1.807) is 22.8 Å². The fraction of sp³-hybridized carbons (Fsp3) is 0.514. The van der Waals surface area contributed by atoms with Crippen LogP contribution in [0.25, 0.3) is 17.0 Å². The maximum absolute atomic E-state index is 13.1. The number of anilines is 1. The highest BCUT2D eigenvalue weighted by Crippen LogP contribution is 2.32. The number of nitrogens with zero attached hydrogens (tertiary/aromatic N) is 3. The molecule has 9 heteroatoms. The average Bonchev–Trinajstić information content (AvgIpc) is 3.56. The number of aromatic nitrogens is 4. The lowest BCUT2D eigenvalue weighted by Gasteiger charge is -2.16. The van der Waals surface area contributed by atoms with Crippen molar-refractivity contribution in [3.63, 3.8) is 0 Å². The van der Waals surface area contributed by atoms with Crippen LogP contribution in [-0.2, 0) is 5.41 Å². The number of carbonyl (C=O) groups is 1. The van der Waals surface area contributed by atoms with Gasteiger partial charge in [-0.05, 0) is 36.8 Å². The van der Waals surface area contributed by atoms with Gasteiger partial charge in [-0.25, -0.2) is 4.98 Å². The van der Waals surface area contributed by atoms with E-state index in [-0.39, 0.29) is 11.3 Å². The van der Waals surface area contributed by atoms with E-state index in [1.807, 2.05) is 24.3 Å². The van der Waals surface area contributed by atoms with E-state index >= 15 is 0 Å². The molecule has 0 radical (unpaired) electrons. The quantitative estimate of drug-likeness (QED) is 0.113. The van der Waals surface area contributed by atoms with Crippen molar-refractivity contribution in [1.29, 1.82) is 0 Å². The van der Waals surface area contributed by atoms with Gasteiger partial charge in [-0.2, -0.15) is 4.63 Å². The summed E-state index contributed by atoms with van der Waals surface area (Å²) in [5.41, 5.74) is 3.14. The average molecular weight is 641 g/mol. The van der Waals surface area contributed by atoms with E-state index in [0.717, 1.165) is 24.1 Å². The zero-order chi connectivity index (χ0) is 31.5. The van der Waals surface area contributed by atoms with Crippen LogP contribution in [-0.4, -0.2) is 32.3 Å². The Morgan fingerprint density at radius 1 is 0.909 bits per heavy atom. The predicted octanol–water partition coefficient (Wildman–Crippen LogP) is 10.7. The third kappa shape index (κ3) is 9.48. The van der Waals surface area contributed by atoms with Crippen LogP contribution >= 0.6 is 23.2 Å². The van der Waals surface area contributed by atoms with Gasteiger partial charge in [-0.3, -0.25) is 9.89 Å². The summed E-state index contributed by atoms with van der Waals surface area (Å²) in [7, 11) is 0. The molecular weight excluding hydrogens is 593 g/mol. The number of ether oxygens (including phenoxy) is 1. The second kappa shape index (κ2) is 16.3. The normalized spacial score (nSPS) is 11.8. The zero-order valence-corrected chi connectivity index (χ0v) is 28.2. The summed E-state index contributed by atoms with van der Waals surface area (Å²) in [4.78, 5) is 17.8. The summed E-state index contributed by atoms with van der Waals surface area (Å²) in [5, 5.41) is 11.8. The summed E-state index contributed by atoms with van der Waals surface area (Å²) in [6, 6.07) is 12.5. The van der Waals surface area contributed by atoms with Crippen molar-refractivity contribution in [2.45, 2.75) is 110 Å². The van der Waals surface area contributed by atoms with Gasteiger partial charge in [0.1, 0.15) is 10.8 Å². The summed E-state index contributed by atoms with van der Waals surface area (Å²) in [5.74, 6) is 0.784. The van der Waals surface area contributed by atoms with Gasteiger partial charge in [-0.1, -0.05) is 134 Å². The van der Waals surface area contributed by atoms with Crippen molar-refractivity contribution in [2.24, 2.45) is 0 Å². The van der Waals surface area contributed by atoms with Gasteiger partial charge in [0.15, 0.2) is 11.5 Å². The second-order valence-corrected chi connectivity index (χ2v) is 13.4. The van der Waals surface area contributed by atoms with Crippen molar-refractivity contribution >= 4 is 40.4 Å². The van der Waals surface area contributed by atoms with E-state index in [4.69, 9.17) is 27.9 Å². The SMILES string of the molecule is CCCCCCCCCCCCCCOc1cc(C(=O)Nc2cccc(-c3nc4c(Cl)c(C(C)(C)C)[nH]n4n3)c2)ccc1Cl. The fourth-order valence-corrected chi connectivity index (χ4v) is 5.86. The molecule has 4 aromatic rings. The molecule has 4 rings (SSSR count). The third-order valence-corrected chi connectivity index (χ3v) is 8.49. The lowest BCUT2D eigenvalue weighted by molar-refractivity contribution is 0.102. The molecule has 0 bridgehead atoms. The van der Waals surface area contributed by atoms with Crippen LogP contribution in [0, 0.1) is 0 Å². The lowest BCUT2D eigenvalue weighted by atomic mass is 9.92. The van der Waals surface area contributed by atoms with E-state index in [1.165, 1.54) is 64.2 Å². The molecule has 2 aromatic carbocycles. The molecule has 0 saturated heterocycles. The zero-order valence-electron chi connectivity index (χ0n) is 26.6. The molecule has 0 unspecified atom stereocenters. The number of halogens is 2. The number of unbranched alkanes of at least 4 members (excludes halogenated alkanes) is 11. The van der Waals surface area contributed by atoms with Crippen LogP contribution in [0.4, 0.5) is 5.69 Å². The van der Waals surface area contributed by atoms with Gasteiger partial charge in [0.05, 0.1) is 17.3 Å². The first-order chi connectivity index (χ1) is 21.2. The van der Waals surface area contributed by atoms with E-state index in [9.17, 15) is 4.79 Å². The molecule has 0 aliphatic rings. The molecule has 2 heterocycles. The number of rotatable bonds is 17. The molecule has 2 N–H and O–H groups in total. The van der Waals surface area contributed by atoms with Crippen molar-refractivity contribution in [3.8, 4) is 17.1 Å². The molecule has 2 aromatic heterocycles. The minimum atomic E-state index is -0.253. The molecule has 1 amide bonds. The first kappa shape index (κ1) is 33.9. The van der Waals surface area contributed by atoms with E-state index in [2.05, 4.69) is 48.2 Å². The number of amides is 1. The van der Waals surface area contributed by atoms with Crippen molar-refractivity contribution in [2.75, 3.05) is 11.9 Å². The summed E-state index contributed by atoms with van der Waals surface area (Å²) >= 11 is 13.0. The molecule has 7 nitrogen and oxygen atoms in total. The number of aromatic amines is 1. The predicted molar refractivity (Wildman–Crippen MR) is 182 cm³/mol. The smallest absolute Gasteiger partial charge is 0.255 e. The highest BCUT2D eigenvalue weighted by molar-refractivity contribution is 6.34. The molecule has 0 atom stereocenters. The van der Waals surface area contributed by atoms with E-state index < -0.39 is 0 Å². The summed E-state index contributed by atoms with van der Waals surface area (Å²) in [6.07, 6.45) is 15.5. The molecule has 0 fully saturated rings. The Morgan fingerprint density at radius 3 is 2.20 bits per heavy atom. The second-order valence-electron chi connectivity index (χ2n) is 12.6. The highest BCUT2D eigenvalue weighted by atomic mass is 35.5. The van der Waals surface area contributed by atoms with Gasteiger partial charge in [-0.15, -0.1) is 5.10 Å². The van der Waals surface area contributed by atoms with Gasteiger partial charge in [0.2, 0.25) is 0 Å². The first-order valence-electron chi connectivity index (χ1n) is 16.2. The van der Waals surface area contributed by atoms with Gasteiger partial charge >= 0.3 is 0 Å². The van der Waals surface area contributed by atoms with Gasteiger partial charge < -0.3 is 10.1 Å². The number of fused-ring (bicyclic) bond motifs is 1. The van der Waals surface area contributed by atoms with Crippen LogP contribution < -0.4 is 10.1 Å². The molecule has 0 saturated carbocycles. The third-order valence-electron chi connectivity index (χ3n) is 7.82. The topological polar surface area (TPSA) is 84.3 Å². The number of benzene rings is 2. The Bertz CT molecular complexity index is 1500. The number of carbonyl (C=O) groups excluding carboxylic acids is 1. The van der Waals surface area contributed by atoms with Crippen LogP contribution in [0.15, 0.2) is 42.5 Å². The lowest BCUT2D eigenvalue weighted by Crippen LogP contribution is -2.13. The molecule has 0 aliphatic heterocycles. The molecule has 0 spiro atoms. The standard InChI is InChI=1S/C35H47Cl2N5O2/c1-5-6-7-8-9-10-11-12-13-14-15-16-22-44-29-24-26(20-21-28(29)36)34(43)38-27-19-17-18-25(23-27)32-39-33-30(37)31(35(2,3)4)40-42(33)41-32/h17-21,23-24,40H,5-16,22H2,1-4H3,(H,38,43). The maximum Gasteiger partial charge on any atom is 0.255 e. The highest BCUT2D eigenvalue weighted by Gasteiger charge is 2.24. The molecular formula is C35H47Cl2N5O2. The van der Waals surface area contributed by atoms with Crippen LogP contribution in [0.2, 0.25) is 10.0 Å². The Morgan fingerprint density at radius 2 is 1.57 bits per heavy atom. The molecule has 238 valence electrons. The number of H-pyrrole nitrogens is 1. The number of hydrogen-bond donors (Lipinski definition) is 2. The monoisotopic (exact) mass is 639 g/mol. The van der Waals surface area contributed by atoms with Gasteiger partial charge in [0, 0.05) is 22.2 Å². The Labute approximate surface area is 272 Å². The fourth-order valence-electron chi connectivity index (χ4n) is 5.24. The largest absolute Gasteiger partial charge is 0.492 e. The first-order valence-corrected chi connectivity index (χ1v) is 16.9. The Kier molecular flexibility index (Phi) is 12.6. The maximum atomic E-state index is 13.1. The van der Waals surface area contributed by atoms with E-state index in [0.29, 0.717) is 45.1 Å². The Hall–Kier alpha value is -3.03.